The van der Waals surface area contributed by atoms with Crippen molar-refractivity contribution in [2.75, 3.05) is 26.2 Å². The number of hydrogen-bond donors (Lipinski definition) is 1. The topological polar surface area (TPSA) is 52.7 Å². The van der Waals surface area contributed by atoms with E-state index < -0.39 is 0 Å². The van der Waals surface area contributed by atoms with Gasteiger partial charge in [-0.25, -0.2) is 4.79 Å². The van der Waals surface area contributed by atoms with Crippen molar-refractivity contribution in [3.8, 4) is 0 Å². The van der Waals surface area contributed by atoms with Crippen molar-refractivity contribution in [1.29, 1.82) is 0 Å². The summed E-state index contributed by atoms with van der Waals surface area (Å²) in [5.41, 5.74) is -0.237. The first-order valence-corrected chi connectivity index (χ1v) is 9.10. The highest BCUT2D eigenvalue weighted by molar-refractivity contribution is 7.09. The summed E-state index contributed by atoms with van der Waals surface area (Å²) in [7, 11) is 0. The molecule has 6 heteroatoms. The molecule has 5 nitrogen and oxygen atoms in total. The van der Waals surface area contributed by atoms with Gasteiger partial charge in [-0.15, -0.1) is 11.3 Å². The first-order chi connectivity index (χ1) is 10.8. The third-order valence-electron chi connectivity index (χ3n) is 3.78. The zero-order chi connectivity index (χ0) is 16.9. The van der Waals surface area contributed by atoms with E-state index in [-0.39, 0.29) is 17.5 Å². The molecule has 1 saturated heterocycles. The number of rotatable bonds is 3. The maximum Gasteiger partial charge on any atom is 0.317 e. The van der Waals surface area contributed by atoms with Crippen molar-refractivity contribution >= 4 is 23.3 Å². The molecular formula is C17H27N3O2S. The lowest BCUT2D eigenvalue weighted by Crippen LogP contribution is -2.49. The van der Waals surface area contributed by atoms with Crippen LogP contribution in [0, 0.1) is 0 Å². The van der Waals surface area contributed by atoms with E-state index in [1.807, 2.05) is 42.0 Å². The van der Waals surface area contributed by atoms with Crippen molar-refractivity contribution in [2.24, 2.45) is 0 Å². The number of nitrogens with zero attached hydrogens (tertiary/aromatic N) is 2. The molecule has 0 aliphatic carbocycles. The van der Waals surface area contributed by atoms with Crippen LogP contribution in [0.15, 0.2) is 17.5 Å². The maximum atomic E-state index is 12.4. The van der Waals surface area contributed by atoms with E-state index >= 15 is 0 Å². The van der Waals surface area contributed by atoms with Gasteiger partial charge in [0, 0.05) is 43.0 Å². The molecule has 128 valence electrons. The molecule has 2 rings (SSSR count). The Kier molecular flexibility index (Phi) is 6.04. The van der Waals surface area contributed by atoms with E-state index in [1.54, 1.807) is 11.3 Å². The average Bonchev–Trinajstić information content (AvgIpc) is 2.85. The second-order valence-corrected chi connectivity index (χ2v) is 8.01. The fourth-order valence-corrected chi connectivity index (χ4v) is 3.32. The largest absolute Gasteiger partial charge is 0.341 e. The first-order valence-electron chi connectivity index (χ1n) is 8.22. The zero-order valence-corrected chi connectivity index (χ0v) is 15.1. The molecule has 0 aromatic carbocycles. The van der Waals surface area contributed by atoms with Gasteiger partial charge in [0.15, 0.2) is 0 Å². The summed E-state index contributed by atoms with van der Waals surface area (Å²) in [6.07, 6.45) is 2.19. The lowest BCUT2D eigenvalue weighted by molar-refractivity contribution is -0.131. The highest BCUT2D eigenvalue weighted by Gasteiger charge is 2.24. The second kappa shape index (κ2) is 7.81. The van der Waals surface area contributed by atoms with Crippen LogP contribution in [0.4, 0.5) is 4.79 Å². The molecule has 0 atom stereocenters. The van der Waals surface area contributed by atoms with Gasteiger partial charge >= 0.3 is 6.03 Å². The third-order valence-corrected chi connectivity index (χ3v) is 4.72. The van der Waals surface area contributed by atoms with Gasteiger partial charge in [0.1, 0.15) is 0 Å². The Morgan fingerprint density at radius 2 is 1.87 bits per heavy atom. The Bertz CT molecular complexity index is 522. The summed E-state index contributed by atoms with van der Waals surface area (Å²) < 4.78 is 0. The van der Waals surface area contributed by atoms with Gasteiger partial charge in [-0.2, -0.15) is 0 Å². The number of hydrogen-bond acceptors (Lipinski definition) is 3. The fraction of sp³-hybridized carbons (Fsp3) is 0.647. The van der Waals surface area contributed by atoms with Gasteiger partial charge in [-0.05, 0) is 45.1 Å². The number of thiophene rings is 1. The summed E-state index contributed by atoms with van der Waals surface area (Å²) in [6.45, 7) is 8.60. The Hall–Kier alpha value is -1.56. The van der Waals surface area contributed by atoms with Gasteiger partial charge in [-0.3, -0.25) is 4.79 Å². The molecule has 1 aliphatic heterocycles. The van der Waals surface area contributed by atoms with Crippen molar-refractivity contribution in [2.45, 2.75) is 45.6 Å². The molecular weight excluding hydrogens is 310 g/mol. The number of carbonyl (C=O) groups is 2. The predicted octanol–water partition coefficient (Wildman–Crippen LogP) is 2.72. The van der Waals surface area contributed by atoms with Gasteiger partial charge in [0.25, 0.3) is 0 Å². The molecule has 1 aromatic rings. The molecule has 1 aromatic heterocycles. The monoisotopic (exact) mass is 337 g/mol. The molecule has 1 N–H and O–H groups in total. The highest BCUT2D eigenvalue weighted by atomic mass is 32.1. The predicted molar refractivity (Wildman–Crippen MR) is 93.7 cm³/mol. The zero-order valence-electron chi connectivity index (χ0n) is 14.3. The van der Waals surface area contributed by atoms with Crippen LogP contribution in [-0.4, -0.2) is 53.5 Å². The van der Waals surface area contributed by atoms with Gasteiger partial charge in [-0.1, -0.05) is 6.07 Å². The summed E-state index contributed by atoms with van der Waals surface area (Å²) in [5.74, 6) is 0.191. The quantitative estimate of drug-likeness (QED) is 0.922. The molecule has 1 aliphatic rings. The van der Waals surface area contributed by atoms with Crippen molar-refractivity contribution in [3.05, 3.63) is 22.4 Å². The van der Waals surface area contributed by atoms with Crippen molar-refractivity contribution < 1.29 is 9.59 Å². The molecule has 2 heterocycles. The summed E-state index contributed by atoms with van der Waals surface area (Å²) in [4.78, 5) is 29.6. The number of carbonyl (C=O) groups excluding carboxylic acids is 2. The molecule has 3 amide bonds. The van der Waals surface area contributed by atoms with Crippen LogP contribution in [-0.2, 0) is 11.2 Å². The lowest BCUT2D eigenvalue weighted by atomic mass is 10.1. The highest BCUT2D eigenvalue weighted by Crippen LogP contribution is 2.13. The van der Waals surface area contributed by atoms with Gasteiger partial charge < -0.3 is 15.1 Å². The molecule has 0 radical (unpaired) electrons. The minimum absolute atomic E-state index is 0.0367. The summed E-state index contributed by atoms with van der Waals surface area (Å²) >= 11 is 1.69. The van der Waals surface area contributed by atoms with Crippen LogP contribution in [0.3, 0.4) is 0 Å². The van der Waals surface area contributed by atoms with E-state index in [1.165, 1.54) is 4.88 Å². The SMILES string of the molecule is CC(C)(C)NC(=O)N1CCCN(C(=O)CCc2cccs2)CC1. The van der Waals surface area contributed by atoms with E-state index in [0.717, 1.165) is 19.4 Å². The molecule has 0 unspecified atom stereocenters. The molecule has 0 bridgehead atoms. The van der Waals surface area contributed by atoms with Crippen LogP contribution in [0.5, 0.6) is 0 Å². The Balaban J connectivity index is 1.80. The van der Waals surface area contributed by atoms with Crippen LogP contribution in [0.1, 0.15) is 38.5 Å². The Labute approximate surface area is 142 Å². The van der Waals surface area contributed by atoms with Crippen LogP contribution in [0.25, 0.3) is 0 Å². The standard InChI is InChI=1S/C17H27N3O2S/c1-17(2,3)18-16(22)20-10-5-9-19(11-12-20)15(21)8-7-14-6-4-13-23-14/h4,6,13H,5,7-12H2,1-3H3,(H,18,22). The average molecular weight is 337 g/mol. The second-order valence-electron chi connectivity index (χ2n) is 6.98. The van der Waals surface area contributed by atoms with Crippen LogP contribution >= 0.6 is 11.3 Å². The minimum atomic E-state index is -0.237. The molecule has 23 heavy (non-hydrogen) atoms. The smallest absolute Gasteiger partial charge is 0.317 e. The summed E-state index contributed by atoms with van der Waals surface area (Å²) in [6, 6.07) is 4.05. The fourth-order valence-electron chi connectivity index (χ4n) is 2.61. The normalized spacial score (nSPS) is 16.1. The number of amides is 3. The van der Waals surface area contributed by atoms with E-state index in [0.29, 0.717) is 26.1 Å². The molecule has 0 saturated carbocycles. The number of nitrogens with one attached hydrogen (secondary N) is 1. The van der Waals surface area contributed by atoms with Crippen molar-refractivity contribution in [3.63, 3.8) is 0 Å². The lowest BCUT2D eigenvalue weighted by Gasteiger charge is -2.27. The van der Waals surface area contributed by atoms with Crippen LogP contribution in [0.2, 0.25) is 0 Å². The molecule has 0 spiro atoms. The number of aryl methyl sites for hydroxylation is 1. The van der Waals surface area contributed by atoms with Crippen LogP contribution < -0.4 is 5.32 Å². The van der Waals surface area contributed by atoms with E-state index in [4.69, 9.17) is 0 Å². The Morgan fingerprint density at radius 3 is 2.52 bits per heavy atom. The van der Waals surface area contributed by atoms with Crippen molar-refractivity contribution in [1.82, 2.24) is 15.1 Å². The first kappa shape index (κ1) is 17.8. The minimum Gasteiger partial charge on any atom is -0.341 e. The number of urea groups is 1. The van der Waals surface area contributed by atoms with Gasteiger partial charge in [0.2, 0.25) is 5.91 Å². The maximum absolute atomic E-state index is 12.4. The summed E-state index contributed by atoms with van der Waals surface area (Å²) in [5, 5.41) is 5.03. The van der Waals surface area contributed by atoms with Gasteiger partial charge in [0.05, 0.1) is 0 Å². The third kappa shape index (κ3) is 5.86. The van der Waals surface area contributed by atoms with E-state index in [9.17, 15) is 9.59 Å². The van der Waals surface area contributed by atoms with E-state index in [2.05, 4.69) is 11.4 Å². The molecule has 1 fully saturated rings. The Morgan fingerprint density at radius 1 is 1.17 bits per heavy atom.